The molecule has 17 heavy (non-hydrogen) atoms. The minimum Gasteiger partial charge on any atom is -0.313 e. The Kier molecular flexibility index (Phi) is 2.98. The van der Waals surface area contributed by atoms with Crippen LogP contribution in [0.1, 0.15) is 18.2 Å². The van der Waals surface area contributed by atoms with E-state index >= 15 is 0 Å². The fourth-order valence-corrected chi connectivity index (χ4v) is 1.84. The Balaban J connectivity index is 2.70. The molecule has 0 bridgehead atoms. The predicted molar refractivity (Wildman–Crippen MR) is 71.0 cm³/mol. The number of amidine groups is 1. The fourth-order valence-electron chi connectivity index (χ4n) is 1.69. The van der Waals surface area contributed by atoms with Crippen LogP contribution >= 0.6 is 11.6 Å². The van der Waals surface area contributed by atoms with E-state index in [1.165, 1.54) is 0 Å². The van der Waals surface area contributed by atoms with Gasteiger partial charge in [0, 0.05) is 10.4 Å². The normalized spacial score (nSPS) is 10.6. The third-order valence-electron chi connectivity index (χ3n) is 2.55. The Morgan fingerprint density at radius 2 is 2.00 bits per heavy atom. The lowest BCUT2D eigenvalue weighted by Gasteiger charge is -2.09. The van der Waals surface area contributed by atoms with Crippen LogP contribution < -0.4 is 5.32 Å². The number of hydrogen-bond donors (Lipinski definition) is 2. The second-order valence-electron chi connectivity index (χ2n) is 3.95. The monoisotopic (exact) mass is 248 g/mol. The largest absolute Gasteiger partial charge is 0.313 e. The van der Waals surface area contributed by atoms with Crippen molar-refractivity contribution in [3.8, 4) is 0 Å². The minimum absolute atomic E-state index is 0.309. The van der Waals surface area contributed by atoms with Gasteiger partial charge in [0.2, 0.25) is 5.95 Å². The molecule has 0 amide bonds. The second kappa shape index (κ2) is 4.30. The lowest BCUT2D eigenvalue weighted by molar-refractivity contribution is 1.15. The van der Waals surface area contributed by atoms with Crippen molar-refractivity contribution in [3.05, 3.63) is 28.4 Å². The highest BCUT2D eigenvalue weighted by atomic mass is 35.5. The van der Waals surface area contributed by atoms with E-state index in [2.05, 4.69) is 15.3 Å². The zero-order valence-electron chi connectivity index (χ0n) is 9.93. The highest BCUT2D eigenvalue weighted by Gasteiger charge is 2.08. The van der Waals surface area contributed by atoms with Gasteiger partial charge in [-0.15, -0.1) is 0 Å². The zero-order valence-corrected chi connectivity index (χ0v) is 10.7. The highest BCUT2D eigenvalue weighted by molar-refractivity contribution is 6.32. The number of rotatable bonds is 1. The number of aromatic nitrogens is 2. The van der Waals surface area contributed by atoms with E-state index in [0.29, 0.717) is 16.8 Å². The average Bonchev–Trinajstić information content (AvgIpc) is 2.23. The van der Waals surface area contributed by atoms with Gasteiger partial charge in [0.05, 0.1) is 17.0 Å². The van der Waals surface area contributed by atoms with E-state index in [-0.39, 0.29) is 0 Å². The van der Waals surface area contributed by atoms with Gasteiger partial charge in [0.1, 0.15) is 0 Å². The summed E-state index contributed by atoms with van der Waals surface area (Å²) in [7, 11) is 0. The maximum absolute atomic E-state index is 7.39. The Morgan fingerprint density at radius 1 is 1.29 bits per heavy atom. The number of hydrogen-bond acceptors (Lipinski definition) is 3. The molecule has 2 N–H and O–H groups in total. The summed E-state index contributed by atoms with van der Waals surface area (Å²) in [5, 5.41) is 11.9. The number of aryl methyl sites for hydroxylation is 2. The number of benzene rings is 1. The van der Waals surface area contributed by atoms with Gasteiger partial charge in [0.15, 0.2) is 0 Å². The Morgan fingerprint density at radius 3 is 2.65 bits per heavy atom. The number of halogens is 1. The quantitative estimate of drug-likeness (QED) is 0.601. The van der Waals surface area contributed by atoms with Gasteiger partial charge in [-0.05, 0) is 38.5 Å². The molecule has 0 fully saturated rings. The molecule has 0 saturated carbocycles. The van der Waals surface area contributed by atoms with Gasteiger partial charge in [0.25, 0.3) is 0 Å². The molecule has 5 heteroatoms. The van der Waals surface area contributed by atoms with Crippen molar-refractivity contribution in [2.75, 3.05) is 5.32 Å². The van der Waals surface area contributed by atoms with Gasteiger partial charge in [-0.2, -0.15) is 0 Å². The molecule has 0 saturated heterocycles. The summed E-state index contributed by atoms with van der Waals surface area (Å²) in [5.74, 6) is 0.747. The van der Waals surface area contributed by atoms with Crippen LogP contribution in [0.5, 0.6) is 0 Å². The van der Waals surface area contributed by atoms with E-state index < -0.39 is 0 Å². The van der Waals surface area contributed by atoms with Crippen molar-refractivity contribution in [2.45, 2.75) is 20.8 Å². The van der Waals surface area contributed by atoms with E-state index in [9.17, 15) is 0 Å². The topological polar surface area (TPSA) is 61.7 Å². The number of nitrogens with one attached hydrogen (secondary N) is 2. The van der Waals surface area contributed by atoms with E-state index in [1.54, 1.807) is 6.92 Å². The standard InChI is InChI=1S/C12H13ClN4/c1-6-10(13)5-4-9-7(2)15-12(16-8(3)14)17-11(6)9/h4-5H,1-3H3,(H2,14,15,16,17). The van der Waals surface area contributed by atoms with Crippen LogP contribution in [0.25, 0.3) is 10.9 Å². The molecular weight excluding hydrogens is 236 g/mol. The summed E-state index contributed by atoms with van der Waals surface area (Å²) in [5.41, 5.74) is 2.63. The summed E-state index contributed by atoms with van der Waals surface area (Å²) in [4.78, 5) is 8.70. The molecule has 0 aliphatic heterocycles. The summed E-state index contributed by atoms with van der Waals surface area (Å²) < 4.78 is 0. The molecule has 1 aromatic heterocycles. The van der Waals surface area contributed by atoms with Crippen molar-refractivity contribution in [1.82, 2.24) is 9.97 Å². The molecule has 0 radical (unpaired) electrons. The van der Waals surface area contributed by atoms with E-state index in [0.717, 1.165) is 22.2 Å². The minimum atomic E-state index is 0.309. The van der Waals surface area contributed by atoms with Crippen LogP contribution in [0, 0.1) is 19.3 Å². The molecule has 88 valence electrons. The summed E-state index contributed by atoms with van der Waals surface area (Å²) >= 11 is 6.08. The molecule has 4 nitrogen and oxygen atoms in total. The Labute approximate surface area is 105 Å². The zero-order chi connectivity index (χ0) is 12.6. The maximum Gasteiger partial charge on any atom is 0.228 e. The fraction of sp³-hybridized carbons (Fsp3) is 0.250. The molecule has 1 aromatic carbocycles. The van der Waals surface area contributed by atoms with Gasteiger partial charge in [-0.3, -0.25) is 5.41 Å². The van der Waals surface area contributed by atoms with Crippen LogP contribution in [-0.2, 0) is 0 Å². The van der Waals surface area contributed by atoms with Crippen LogP contribution in [-0.4, -0.2) is 15.8 Å². The lowest BCUT2D eigenvalue weighted by atomic mass is 10.1. The molecule has 2 rings (SSSR count). The first-order valence-corrected chi connectivity index (χ1v) is 5.62. The van der Waals surface area contributed by atoms with Crippen LogP contribution in [0.3, 0.4) is 0 Å². The second-order valence-corrected chi connectivity index (χ2v) is 4.36. The first-order chi connectivity index (χ1) is 7.99. The summed E-state index contributed by atoms with van der Waals surface area (Å²) in [6.07, 6.45) is 0. The number of anilines is 1. The first kappa shape index (κ1) is 11.8. The smallest absolute Gasteiger partial charge is 0.228 e. The van der Waals surface area contributed by atoms with E-state index in [4.69, 9.17) is 17.0 Å². The van der Waals surface area contributed by atoms with Gasteiger partial charge < -0.3 is 5.32 Å². The molecule has 0 unspecified atom stereocenters. The molecule has 0 aliphatic rings. The van der Waals surface area contributed by atoms with Crippen molar-refractivity contribution in [3.63, 3.8) is 0 Å². The lowest BCUT2D eigenvalue weighted by Crippen LogP contribution is -2.09. The Bertz CT molecular complexity index is 607. The number of nitrogens with zero attached hydrogens (tertiary/aromatic N) is 2. The van der Waals surface area contributed by atoms with Crippen LogP contribution in [0.2, 0.25) is 5.02 Å². The average molecular weight is 249 g/mol. The van der Waals surface area contributed by atoms with E-state index in [1.807, 2.05) is 26.0 Å². The molecule has 0 spiro atoms. The molecule has 0 aliphatic carbocycles. The first-order valence-electron chi connectivity index (χ1n) is 5.24. The SMILES string of the molecule is CC(=N)Nc1nc(C)c2ccc(Cl)c(C)c2n1. The Hall–Kier alpha value is -1.68. The van der Waals surface area contributed by atoms with Crippen LogP contribution in [0.15, 0.2) is 12.1 Å². The van der Waals surface area contributed by atoms with Gasteiger partial charge >= 0.3 is 0 Å². The predicted octanol–water partition coefficient (Wildman–Crippen LogP) is 3.31. The third-order valence-corrected chi connectivity index (χ3v) is 2.95. The molecule has 1 heterocycles. The third kappa shape index (κ3) is 2.22. The number of fused-ring (bicyclic) bond motifs is 1. The molecular formula is C12H13ClN4. The maximum atomic E-state index is 7.39. The van der Waals surface area contributed by atoms with Gasteiger partial charge in [-0.25, -0.2) is 9.97 Å². The molecule has 0 atom stereocenters. The van der Waals surface area contributed by atoms with Crippen molar-refractivity contribution in [1.29, 1.82) is 5.41 Å². The van der Waals surface area contributed by atoms with Crippen molar-refractivity contribution >= 4 is 34.3 Å². The summed E-state index contributed by atoms with van der Waals surface area (Å²) in [6, 6.07) is 3.77. The van der Waals surface area contributed by atoms with Gasteiger partial charge in [-0.1, -0.05) is 11.6 Å². The van der Waals surface area contributed by atoms with Crippen LogP contribution in [0.4, 0.5) is 5.95 Å². The van der Waals surface area contributed by atoms with Crippen molar-refractivity contribution < 1.29 is 0 Å². The summed E-state index contributed by atoms with van der Waals surface area (Å²) in [6.45, 7) is 5.49. The molecule has 2 aromatic rings. The highest BCUT2D eigenvalue weighted by Crippen LogP contribution is 2.26. The van der Waals surface area contributed by atoms with Crippen molar-refractivity contribution in [2.24, 2.45) is 0 Å².